The number of aromatic nitrogens is 1. The number of methoxy groups -OCH3 is 1. The summed E-state index contributed by atoms with van der Waals surface area (Å²) in [6, 6.07) is 9.57. The van der Waals surface area contributed by atoms with Gasteiger partial charge < -0.3 is 10.1 Å². The van der Waals surface area contributed by atoms with Gasteiger partial charge in [0.05, 0.1) is 13.5 Å². The molecular weight excluding hydrogens is 419 g/mol. The predicted molar refractivity (Wildman–Crippen MR) is 128 cm³/mol. The van der Waals surface area contributed by atoms with Crippen LogP contribution in [0.15, 0.2) is 42.6 Å². The Hall–Kier alpha value is -3.02. The minimum Gasteiger partial charge on any atom is -0.481 e. The van der Waals surface area contributed by atoms with Crippen molar-refractivity contribution >= 4 is 17.8 Å². The van der Waals surface area contributed by atoms with Gasteiger partial charge in [0.25, 0.3) is 0 Å². The molecule has 1 aromatic heterocycles. The number of nitrogens with one attached hydrogen (secondary N) is 1. The number of nitrogens with zero attached hydrogens (tertiary/aromatic N) is 1. The van der Waals surface area contributed by atoms with Crippen LogP contribution in [-0.4, -0.2) is 36.5 Å². The molecule has 0 spiro atoms. The number of aryl methyl sites for hydroxylation is 1. The summed E-state index contributed by atoms with van der Waals surface area (Å²) in [7, 11) is 3.17. The van der Waals surface area contributed by atoms with Crippen molar-refractivity contribution in [3.05, 3.63) is 64.9 Å². The van der Waals surface area contributed by atoms with Crippen LogP contribution in [0, 0.1) is 5.92 Å². The molecule has 3 rings (SSSR count). The first-order valence-electron chi connectivity index (χ1n) is 11.5. The molecule has 1 saturated carbocycles. The molecule has 2 aromatic rings. The first-order chi connectivity index (χ1) is 15.8. The van der Waals surface area contributed by atoms with E-state index in [1.165, 1.54) is 0 Å². The van der Waals surface area contributed by atoms with Gasteiger partial charge in [-0.1, -0.05) is 36.4 Å². The summed E-state index contributed by atoms with van der Waals surface area (Å²) in [6.45, 7) is 1.67. The van der Waals surface area contributed by atoms with Gasteiger partial charge in [0.2, 0.25) is 11.8 Å². The number of amides is 1. The molecule has 5 nitrogen and oxygen atoms in total. The predicted octanol–water partition coefficient (Wildman–Crippen LogP) is 5.13. The molecule has 176 valence electrons. The summed E-state index contributed by atoms with van der Waals surface area (Å²) >= 11 is 0. The summed E-state index contributed by atoms with van der Waals surface area (Å²) in [4.78, 5) is 28.8. The van der Waals surface area contributed by atoms with E-state index in [9.17, 15) is 14.0 Å². The first-order valence-corrected chi connectivity index (χ1v) is 11.5. The number of pyridine rings is 1. The summed E-state index contributed by atoms with van der Waals surface area (Å²) in [6.07, 6.45) is 9.60. The number of halogens is 1. The molecule has 0 atom stereocenters. The third-order valence-corrected chi connectivity index (χ3v) is 6.29. The second kappa shape index (κ2) is 11.2. The monoisotopic (exact) mass is 452 g/mol. The van der Waals surface area contributed by atoms with Crippen molar-refractivity contribution in [1.29, 1.82) is 0 Å². The number of ketones is 1. The standard InChI is InChI=1S/C27H33FN2O3/c1-27(28)13-11-19(12-14-27)7-9-22-17-23(18-30-26(22)33-3)24(31)10-8-20-5-4-6-21(15-20)16-25(32)29-2/h4-7,9,15,17-19H,8,10-14,16H2,1-3H3,(H,29,32)/b9-7+. The minimum absolute atomic E-state index is 0.00219. The number of allylic oxidation sites excluding steroid dienone is 1. The lowest BCUT2D eigenvalue weighted by atomic mass is 9.81. The molecule has 0 aliphatic heterocycles. The Morgan fingerprint density at radius 1 is 1.24 bits per heavy atom. The highest BCUT2D eigenvalue weighted by Gasteiger charge is 2.29. The van der Waals surface area contributed by atoms with Gasteiger partial charge in [0.1, 0.15) is 5.67 Å². The zero-order chi connectivity index (χ0) is 23.8. The van der Waals surface area contributed by atoms with Crippen molar-refractivity contribution in [3.63, 3.8) is 0 Å². The van der Waals surface area contributed by atoms with Gasteiger partial charge in [-0.05, 0) is 62.1 Å². The van der Waals surface area contributed by atoms with E-state index in [4.69, 9.17) is 4.74 Å². The summed E-state index contributed by atoms with van der Waals surface area (Å²) in [5.41, 5.74) is 2.18. The van der Waals surface area contributed by atoms with Crippen molar-refractivity contribution in [2.24, 2.45) is 5.92 Å². The van der Waals surface area contributed by atoms with Crippen LogP contribution < -0.4 is 10.1 Å². The van der Waals surface area contributed by atoms with Crippen molar-refractivity contribution in [2.45, 2.75) is 57.5 Å². The molecule has 33 heavy (non-hydrogen) atoms. The Morgan fingerprint density at radius 3 is 2.67 bits per heavy atom. The zero-order valence-electron chi connectivity index (χ0n) is 19.7. The number of carbonyl (C=O) groups excluding carboxylic acids is 2. The Labute approximate surface area is 195 Å². The number of ether oxygens (including phenoxy) is 1. The van der Waals surface area contributed by atoms with Gasteiger partial charge in [0.15, 0.2) is 5.78 Å². The Bertz CT molecular complexity index is 1010. The average Bonchev–Trinajstić information content (AvgIpc) is 2.81. The highest BCUT2D eigenvalue weighted by atomic mass is 19.1. The zero-order valence-corrected chi connectivity index (χ0v) is 19.7. The van der Waals surface area contributed by atoms with E-state index in [0.29, 0.717) is 49.5 Å². The van der Waals surface area contributed by atoms with Gasteiger partial charge in [-0.3, -0.25) is 9.59 Å². The number of hydrogen-bond donors (Lipinski definition) is 1. The van der Waals surface area contributed by atoms with Crippen LogP contribution in [0.3, 0.4) is 0 Å². The van der Waals surface area contributed by atoms with Crippen molar-refractivity contribution in [3.8, 4) is 5.88 Å². The molecule has 0 saturated heterocycles. The number of rotatable bonds is 9. The van der Waals surface area contributed by atoms with Crippen LogP contribution in [0.4, 0.5) is 4.39 Å². The smallest absolute Gasteiger partial charge is 0.224 e. The Kier molecular flexibility index (Phi) is 8.37. The maximum absolute atomic E-state index is 14.0. The van der Waals surface area contributed by atoms with Gasteiger partial charge in [-0.2, -0.15) is 0 Å². The SMILES string of the molecule is CNC(=O)Cc1cccc(CCC(=O)c2cnc(OC)c(/C=C/C3CCC(C)(F)CC3)c2)c1. The van der Waals surface area contributed by atoms with Crippen LogP contribution in [-0.2, 0) is 17.6 Å². The Morgan fingerprint density at radius 2 is 1.97 bits per heavy atom. The van der Waals surface area contributed by atoms with Gasteiger partial charge in [0, 0.05) is 30.8 Å². The van der Waals surface area contributed by atoms with E-state index in [1.807, 2.05) is 36.4 Å². The van der Waals surface area contributed by atoms with Crippen LogP contribution in [0.5, 0.6) is 5.88 Å². The fourth-order valence-corrected chi connectivity index (χ4v) is 4.16. The minimum atomic E-state index is -1.06. The molecule has 1 aliphatic rings. The number of hydrogen-bond acceptors (Lipinski definition) is 4. The van der Waals surface area contributed by atoms with E-state index < -0.39 is 5.67 Å². The van der Waals surface area contributed by atoms with Crippen LogP contribution >= 0.6 is 0 Å². The van der Waals surface area contributed by atoms with Crippen molar-refractivity contribution in [2.75, 3.05) is 14.2 Å². The number of Topliss-reactive ketones (excluding diaryl/α,β-unsaturated/α-hetero) is 1. The highest BCUT2D eigenvalue weighted by molar-refractivity contribution is 5.96. The normalized spacial score (nSPS) is 20.5. The van der Waals surface area contributed by atoms with Crippen LogP contribution in [0.1, 0.15) is 66.1 Å². The number of carbonyl (C=O) groups is 2. The van der Waals surface area contributed by atoms with Gasteiger partial charge in [-0.15, -0.1) is 0 Å². The summed E-state index contributed by atoms with van der Waals surface area (Å²) in [5, 5.41) is 2.62. The third-order valence-electron chi connectivity index (χ3n) is 6.29. The summed E-state index contributed by atoms with van der Waals surface area (Å²) in [5.74, 6) is 0.748. The van der Waals surface area contributed by atoms with Crippen LogP contribution in [0.2, 0.25) is 0 Å². The van der Waals surface area contributed by atoms with Crippen molar-refractivity contribution < 1.29 is 18.7 Å². The first kappa shape index (κ1) is 24.6. The molecule has 1 aromatic carbocycles. The topological polar surface area (TPSA) is 68.3 Å². The molecule has 1 amide bonds. The fraction of sp³-hybridized carbons (Fsp3) is 0.444. The van der Waals surface area contributed by atoms with Crippen LogP contribution in [0.25, 0.3) is 6.08 Å². The van der Waals surface area contributed by atoms with Gasteiger partial charge in [-0.25, -0.2) is 9.37 Å². The maximum Gasteiger partial charge on any atom is 0.224 e. The second-order valence-electron chi connectivity index (χ2n) is 9.03. The Balaban J connectivity index is 1.64. The van der Waals surface area contributed by atoms with E-state index in [0.717, 1.165) is 29.5 Å². The quantitative estimate of drug-likeness (QED) is 0.536. The lowest BCUT2D eigenvalue weighted by molar-refractivity contribution is -0.119. The average molecular weight is 453 g/mol. The molecule has 1 N–H and O–H groups in total. The van der Waals surface area contributed by atoms with E-state index >= 15 is 0 Å². The third kappa shape index (κ3) is 7.24. The molecule has 1 heterocycles. The lowest BCUT2D eigenvalue weighted by Gasteiger charge is -2.29. The second-order valence-corrected chi connectivity index (χ2v) is 9.03. The molecule has 0 radical (unpaired) electrons. The number of likely N-dealkylation sites (N-methyl/N-ethyl adjacent to an activating group) is 1. The maximum atomic E-state index is 14.0. The molecule has 0 unspecified atom stereocenters. The molecule has 6 heteroatoms. The highest BCUT2D eigenvalue weighted by Crippen LogP contribution is 2.35. The summed E-state index contributed by atoms with van der Waals surface area (Å²) < 4.78 is 19.4. The fourth-order valence-electron chi connectivity index (χ4n) is 4.16. The van der Waals surface area contributed by atoms with E-state index in [2.05, 4.69) is 16.4 Å². The molecule has 1 fully saturated rings. The lowest BCUT2D eigenvalue weighted by Crippen LogP contribution is -2.25. The van der Waals surface area contributed by atoms with E-state index in [-0.39, 0.29) is 11.7 Å². The van der Waals surface area contributed by atoms with E-state index in [1.54, 1.807) is 27.3 Å². The molecule has 1 aliphatic carbocycles. The van der Waals surface area contributed by atoms with Gasteiger partial charge >= 0.3 is 0 Å². The number of alkyl halides is 1. The molecule has 0 bridgehead atoms. The molecular formula is C27H33FN2O3. The number of benzene rings is 1. The largest absolute Gasteiger partial charge is 0.481 e. The van der Waals surface area contributed by atoms with Crippen molar-refractivity contribution in [1.82, 2.24) is 10.3 Å².